The first kappa shape index (κ1) is 11.3. The van der Waals surface area contributed by atoms with E-state index in [0.717, 1.165) is 0 Å². The third-order valence-electron chi connectivity index (χ3n) is 2.01. The summed E-state index contributed by atoms with van der Waals surface area (Å²) in [6.45, 7) is 0.0470. The Labute approximate surface area is 85.5 Å². The first-order valence-electron chi connectivity index (χ1n) is 4.23. The molecule has 4 nitrogen and oxygen atoms in total. The first-order valence-corrected chi connectivity index (χ1v) is 4.23. The van der Waals surface area contributed by atoms with Gasteiger partial charge in [0.05, 0.1) is 23.7 Å². The Balaban J connectivity index is 3.32. The number of nitriles is 1. The third-order valence-corrected chi connectivity index (χ3v) is 2.01. The third kappa shape index (κ3) is 2.19. The quantitative estimate of drug-likeness (QED) is 0.785. The van der Waals surface area contributed by atoms with Gasteiger partial charge in [-0.25, -0.2) is 8.78 Å². The maximum absolute atomic E-state index is 12.7. The van der Waals surface area contributed by atoms with Gasteiger partial charge in [0.25, 0.3) is 6.43 Å². The second-order valence-electron chi connectivity index (χ2n) is 2.90. The predicted octanol–water partition coefficient (Wildman–Crippen LogP) is 1.13. The van der Waals surface area contributed by atoms with Gasteiger partial charge >= 0.3 is 0 Å². The number of alkyl halides is 2. The lowest BCUT2D eigenvalue weighted by Crippen LogP contribution is -2.09. The average molecular weight is 212 g/mol. The minimum Gasteiger partial charge on any atom is -0.398 e. The molecule has 0 aliphatic carbocycles. The van der Waals surface area contributed by atoms with Crippen LogP contribution >= 0.6 is 0 Å². The highest BCUT2D eigenvalue weighted by molar-refractivity contribution is 5.55. The highest BCUT2D eigenvalue weighted by Gasteiger charge is 2.19. The zero-order valence-corrected chi connectivity index (χ0v) is 7.87. The number of aromatic nitrogens is 1. The molecule has 6 heteroatoms. The molecule has 0 saturated carbocycles. The van der Waals surface area contributed by atoms with Crippen molar-refractivity contribution in [1.82, 2.24) is 4.98 Å². The Hall–Kier alpha value is -1.74. The van der Waals surface area contributed by atoms with Gasteiger partial charge in [-0.3, -0.25) is 4.98 Å². The highest BCUT2D eigenvalue weighted by Crippen LogP contribution is 2.29. The summed E-state index contributed by atoms with van der Waals surface area (Å²) in [6, 6.07) is 1.76. The molecule has 0 atom stereocenters. The molecule has 0 bridgehead atoms. The summed E-state index contributed by atoms with van der Waals surface area (Å²) in [4.78, 5) is 3.76. The SMILES string of the molecule is N#CCc1ncc(CN)c(N)c1C(F)F. The highest BCUT2D eigenvalue weighted by atomic mass is 19.3. The number of hydrogen-bond donors (Lipinski definition) is 2. The molecule has 1 heterocycles. The molecule has 0 aromatic carbocycles. The summed E-state index contributed by atoms with van der Waals surface area (Å²) >= 11 is 0. The Bertz CT molecular complexity index is 398. The molecule has 0 spiro atoms. The van der Waals surface area contributed by atoms with Crippen molar-refractivity contribution in [3.05, 3.63) is 23.0 Å². The number of pyridine rings is 1. The monoisotopic (exact) mass is 212 g/mol. The van der Waals surface area contributed by atoms with Crippen molar-refractivity contribution < 1.29 is 8.78 Å². The van der Waals surface area contributed by atoms with E-state index in [1.807, 2.05) is 0 Å². The molecule has 4 N–H and O–H groups in total. The smallest absolute Gasteiger partial charge is 0.267 e. The number of nitrogens with two attached hydrogens (primary N) is 2. The average Bonchev–Trinajstić information content (AvgIpc) is 2.18. The van der Waals surface area contributed by atoms with Crippen molar-refractivity contribution >= 4 is 5.69 Å². The summed E-state index contributed by atoms with van der Waals surface area (Å²) in [5, 5.41) is 8.44. The van der Waals surface area contributed by atoms with E-state index in [2.05, 4.69) is 4.98 Å². The minimum absolute atomic E-state index is 0.0159. The predicted molar refractivity (Wildman–Crippen MR) is 50.8 cm³/mol. The van der Waals surface area contributed by atoms with Crippen LogP contribution in [0.25, 0.3) is 0 Å². The number of hydrogen-bond acceptors (Lipinski definition) is 4. The molecule has 0 unspecified atom stereocenters. The van der Waals surface area contributed by atoms with Crippen LogP contribution in [-0.4, -0.2) is 4.98 Å². The van der Waals surface area contributed by atoms with E-state index >= 15 is 0 Å². The van der Waals surface area contributed by atoms with Gasteiger partial charge in [0, 0.05) is 24.0 Å². The van der Waals surface area contributed by atoms with E-state index in [1.165, 1.54) is 6.20 Å². The Morgan fingerprint density at radius 1 is 1.53 bits per heavy atom. The van der Waals surface area contributed by atoms with Crippen molar-refractivity contribution in [1.29, 1.82) is 5.26 Å². The lowest BCUT2D eigenvalue weighted by atomic mass is 10.1. The number of nitrogen functional groups attached to an aromatic ring is 1. The number of rotatable bonds is 3. The van der Waals surface area contributed by atoms with E-state index in [1.54, 1.807) is 6.07 Å². The van der Waals surface area contributed by atoms with Crippen molar-refractivity contribution in [2.45, 2.75) is 19.4 Å². The Kier molecular flexibility index (Phi) is 3.52. The van der Waals surface area contributed by atoms with Gasteiger partial charge in [0.1, 0.15) is 0 Å². The van der Waals surface area contributed by atoms with E-state index in [4.69, 9.17) is 16.7 Å². The van der Waals surface area contributed by atoms with Crippen molar-refractivity contribution in [3.8, 4) is 6.07 Å². The Morgan fingerprint density at radius 3 is 2.67 bits per heavy atom. The van der Waals surface area contributed by atoms with Crippen LogP contribution in [0.15, 0.2) is 6.20 Å². The summed E-state index contributed by atoms with van der Waals surface area (Å²) in [5.41, 5.74) is 10.8. The molecule has 0 amide bonds. The maximum atomic E-state index is 12.7. The topological polar surface area (TPSA) is 88.7 Å². The van der Waals surface area contributed by atoms with Gasteiger partial charge in [-0.15, -0.1) is 0 Å². The first-order chi connectivity index (χ1) is 7.11. The molecule has 0 radical (unpaired) electrons. The van der Waals surface area contributed by atoms with E-state index in [0.29, 0.717) is 5.56 Å². The van der Waals surface area contributed by atoms with E-state index in [-0.39, 0.29) is 29.9 Å². The molecular formula is C9H10F2N4. The number of nitrogens with zero attached hydrogens (tertiary/aromatic N) is 2. The number of halogens is 2. The lowest BCUT2D eigenvalue weighted by molar-refractivity contribution is 0.150. The van der Waals surface area contributed by atoms with Crippen molar-refractivity contribution in [2.24, 2.45) is 5.73 Å². The minimum atomic E-state index is -2.74. The molecule has 1 rings (SSSR count). The summed E-state index contributed by atoms with van der Waals surface area (Å²) in [5.74, 6) is 0. The fourth-order valence-corrected chi connectivity index (χ4v) is 1.25. The molecule has 80 valence electrons. The Morgan fingerprint density at radius 2 is 2.20 bits per heavy atom. The van der Waals surface area contributed by atoms with Gasteiger partial charge < -0.3 is 11.5 Å². The normalized spacial score (nSPS) is 10.3. The molecule has 1 aromatic rings. The summed E-state index contributed by atoms with van der Waals surface area (Å²) < 4.78 is 25.3. The molecule has 15 heavy (non-hydrogen) atoms. The van der Waals surface area contributed by atoms with Crippen molar-refractivity contribution in [3.63, 3.8) is 0 Å². The molecule has 1 aromatic heterocycles. The van der Waals surface area contributed by atoms with Crippen LogP contribution in [0.4, 0.5) is 14.5 Å². The van der Waals surface area contributed by atoms with Crippen LogP contribution in [0, 0.1) is 11.3 Å². The van der Waals surface area contributed by atoms with Crippen molar-refractivity contribution in [2.75, 3.05) is 5.73 Å². The van der Waals surface area contributed by atoms with Gasteiger partial charge in [-0.1, -0.05) is 0 Å². The van der Waals surface area contributed by atoms with E-state index < -0.39 is 6.43 Å². The van der Waals surface area contributed by atoms with Gasteiger partial charge in [0.2, 0.25) is 0 Å². The lowest BCUT2D eigenvalue weighted by Gasteiger charge is -2.11. The maximum Gasteiger partial charge on any atom is 0.267 e. The zero-order valence-electron chi connectivity index (χ0n) is 7.87. The van der Waals surface area contributed by atoms with Gasteiger partial charge in [-0.05, 0) is 0 Å². The van der Waals surface area contributed by atoms with Gasteiger partial charge in [0.15, 0.2) is 0 Å². The van der Waals surface area contributed by atoms with Crippen LogP contribution in [0.5, 0.6) is 0 Å². The largest absolute Gasteiger partial charge is 0.398 e. The summed E-state index contributed by atoms with van der Waals surface area (Å²) in [6.07, 6.45) is -1.60. The zero-order chi connectivity index (χ0) is 11.4. The van der Waals surface area contributed by atoms with Crippen LogP contribution in [0.3, 0.4) is 0 Å². The van der Waals surface area contributed by atoms with Gasteiger partial charge in [-0.2, -0.15) is 5.26 Å². The fraction of sp³-hybridized carbons (Fsp3) is 0.333. The molecular weight excluding hydrogens is 202 g/mol. The molecule has 0 saturated heterocycles. The van der Waals surface area contributed by atoms with E-state index in [9.17, 15) is 8.78 Å². The van der Waals surface area contributed by atoms with Crippen LogP contribution in [0.2, 0.25) is 0 Å². The molecule has 0 fully saturated rings. The number of anilines is 1. The second-order valence-corrected chi connectivity index (χ2v) is 2.90. The van der Waals surface area contributed by atoms with Crippen LogP contribution < -0.4 is 11.5 Å². The fourth-order valence-electron chi connectivity index (χ4n) is 1.25. The summed E-state index contributed by atoms with van der Waals surface area (Å²) in [7, 11) is 0. The second kappa shape index (κ2) is 4.66. The molecule has 0 aliphatic heterocycles. The standard InChI is InChI=1S/C9H10F2N4/c10-9(11)7-6(1-2-12)15-4-5(3-13)8(7)14/h4,9H,1,3,13H2,(H2,14,15). The molecule has 0 aliphatic rings. The van der Waals surface area contributed by atoms with Crippen LogP contribution in [0.1, 0.15) is 23.2 Å². The van der Waals surface area contributed by atoms with Crippen LogP contribution in [-0.2, 0) is 13.0 Å².